The summed E-state index contributed by atoms with van der Waals surface area (Å²) >= 11 is 0. The van der Waals surface area contributed by atoms with Crippen molar-refractivity contribution in [2.24, 2.45) is 0 Å². The Labute approximate surface area is 147 Å². The normalized spacial score (nSPS) is 17.4. The van der Waals surface area contributed by atoms with Crippen LogP contribution in [0.15, 0.2) is 67.3 Å². The van der Waals surface area contributed by atoms with Gasteiger partial charge in [-0.25, -0.2) is 4.98 Å². The van der Waals surface area contributed by atoms with Crippen molar-refractivity contribution in [3.8, 4) is 0 Å². The van der Waals surface area contributed by atoms with Crippen molar-refractivity contribution in [3.05, 3.63) is 78.6 Å². The number of fused-ring (bicyclic) bond motifs is 1. The van der Waals surface area contributed by atoms with Crippen molar-refractivity contribution in [2.75, 3.05) is 6.54 Å². The summed E-state index contributed by atoms with van der Waals surface area (Å²) in [5.41, 5.74) is 3.25. The Kier molecular flexibility index (Phi) is 4.10. The average molecular weight is 331 g/mol. The first-order chi connectivity index (χ1) is 12.3. The first-order valence-electron chi connectivity index (χ1n) is 8.64. The fourth-order valence-corrected chi connectivity index (χ4v) is 3.63. The number of para-hydroxylation sites is 2. The van der Waals surface area contributed by atoms with Crippen LogP contribution < -0.4 is 0 Å². The summed E-state index contributed by atoms with van der Waals surface area (Å²) in [5.74, 6) is 1.32. The van der Waals surface area contributed by atoms with Gasteiger partial charge >= 0.3 is 0 Å². The van der Waals surface area contributed by atoms with Crippen LogP contribution >= 0.6 is 0 Å². The molecule has 1 amide bonds. The van der Waals surface area contributed by atoms with Gasteiger partial charge in [-0.1, -0.05) is 48.5 Å². The number of benzene rings is 2. The highest BCUT2D eigenvalue weighted by Crippen LogP contribution is 2.31. The number of hydrogen-bond acceptors (Lipinski definition) is 2. The number of carbonyl (C=O) groups excluding carboxylic acids is 1. The van der Waals surface area contributed by atoms with E-state index in [2.05, 4.69) is 29.3 Å². The Morgan fingerprint density at radius 1 is 1.12 bits per heavy atom. The zero-order valence-corrected chi connectivity index (χ0v) is 14.1. The van der Waals surface area contributed by atoms with Crippen LogP contribution in [0.5, 0.6) is 0 Å². The molecule has 0 radical (unpaired) electrons. The molecule has 4 rings (SSSR count). The van der Waals surface area contributed by atoms with E-state index in [0.717, 1.165) is 22.4 Å². The fourth-order valence-electron chi connectivity index (χ4n) is 3.63. The lowest BCUT2D eigenvalue weighted by Gasteiger charge is -2.17. The molecule has 1 aromatic heterocycles. The molecule has 1 atom stereocenters. The smallest absolute Gasteiger partial charge is 0.223 e. The number of amides is 1. The molecule has 1 aliphatic rings. The minimum atomic E-state index is 0.128. The summed E-state index contributed by atoms with van der Waals surface area (Å²) < 4.78 is 2.19. The SMILES string of the molecule is C=CCn1c(C2CC(=O)N(Cc3ccccc3)C2)nc2ccccc21. The van der Waals surface area contributed by atoms with E-state index in [-0.39, 0.29) is 11.8 Å². The number of nitrogens with zero attached hydrogens (tertiary/aromatic N) is 3. The highest BCUT2D eigenvalue weighted by atomic mass is 16.2. The lowest BCUT2D eigenvalue weighted by molar-refractivity contribution is -0.128. The zero-order valence-electron chi connectivity index (χ0n) is 14.1. The van der Waals surface area contributed by atoms with Gasteiger partial charge in [-0.3, -0.25) is 4.79 Å². The second-order valence-electron chi connectivity index (χ2n) is 6.52. The summed E-state index contributed by atoms with van der Waals surface area (Å²) in [6.07, 6.45) is 2.41. The van der Waals surface area contributed by atoms with E-state index in [0.29, 0.717) is 26.1 Å². The van der Waals surface area contributed by atoms with Crippen LogP contribution in [-0.4, -0.2) is 26.9 Å². The molecule has 3 aromatic rings. The van der Waals surface area contributed by atoms with Gasteiger partial charge in [-0.05, 0) is 17.7 Å². The van der Waals surface area contributed by atoms with Gasteiger partial charge in [0.25, 0.3) is 0 Å². The van der Waals surface area contributed by atoms with E-state index >= 15 is 0 Å². The van der Waals surface area contributed by atoms with Crippen LogP contribution in [0.3, 0.4) is 0 Å². The fraction of sp³-hybridized carbons (Fsp3) is 0.238. The Hall–Kier alpha value is -2.88. The van der Waals surface area contributed by atoms with Crippen molar-refractivity contribution in [2.45, 2.75) is 25.4 Å². The maximum absolute atomic E-state index is 12.5. The maximum Gasteiger partial charge on any atom is 0.223 e. The summed E-state index contributed by atoms with van der Waals surface area (Å²) in [6, 6.07) is 18.3. The van der Waals surface area contributed by atoms with Crippen molar-refractivity contribution in [1.82, 2.24) is 14.5 Å². The minimum Gasteiger partial charge on any atom is -0.338 e. The number of imidazole rings is 1. The standard InChI is InChI=1S/C21H21N3O/c1-2-12-24-19-11-7-6-10-18(19)22-21(24)17-13-20(25)23(15-17)14-16-8-4-3-5-9-16/h2-11,17H,1,12-15H2. The quantitative estimate of drug-likeness (QED) is 0.668. The molecule has 4 heteroatoms. The van der Waals surface area contributed by atoms with E-state index in [4.69, 9.17) is 4.98 Å². The second-order valence-corrected chi connectivity index (χ2v) is 6.52. The first-order valence-corrected chi connectivity index (χ1v) is 8.64. The molecule has 0 N–H and O–H groups in total. The summed E-state index contributed by atoms with van der Waals surface area (Å²) in [4.78, 5) is 19.3. The van der Waals surface area contributed by atoms with Crippen LogP contribution in [0, 0.1) is 0 Å². The number of rotatable bonds is 5. The summed E-state index contributed by atoms with van der Waals surface area (Å²) in [5, 5.41) is 0. The van der Waals surface area contributed by atoms with Crippen LogP contribution in [0.1, 0.15) is 23.7 Å². The van der Waals surface area contributed by atoms with Crippen molar-refractivity contribution in [1.29, 1.82) is 0 Å². The molecule has 1 fully saturated rings. The lowest BCUT2D eigenvalue weighted by atomic mass is 10.1. The largest absolute Gasteiger partial charge is 0.338 e. The minimum absolute atomic E-state index is 0.128. The van der Waals surface area contributed by atoms with Crippen molar-refractivity contribution in [3.63, 3.8) is 0 Å². The highest BCUT2D eigenvalue weighted by molar-refractivity contribution is 5.81. The third-order valence-electron chi connectivity index (χ3n) is 4.79. The first kappa shape index (κ1) is 15.6. The van der Waals surface area contributed by atoms with Gasteiger partial charge in [-0.2, -0.15) is 0 Å². The molecule has 0 spiro atoms. The zero-order chi connectivity index (χ0) is 17.2. The van der Waals surface area contributed by atoms with E-state index in [9.17, 15) is 4.79 Å². The van der Waals surface area contributed by atoms with Crippen LogP contribution in [0.4, 0.5) is 0 Å². The van der Waals surface area contributed by atoms with Crippen molar-refractivity contribution < 1.29 is 4.79 Å². The summed E-state index contributed by atoms with van der Waals surface area (Å²) in [6.45, 7) is 5.96. The molecule has 0 saturated carbocycles. The van der Waals surface area contributed by atoms with Gasteiger partial charge in [0, 0.05) is 32.0 Å². The predicted molar refractivity (Wildman–Crippen MR) is 99.1 cm³/mol. The number of likely N-dealkylation sites (tertiary alicyclic amines) is 1. The second kappa shape index (κ2) is 6.55. The van der Waals surface area contributed by atoms with Gasteiger partial charge in [0.05, 0.1) is 11.0 Å². The van der Waals surface area contributed by atoms with Gasteiger partial charge in [0.1, 0.15) is 5.82 Å². The molecular weight excluding hydrogens is 310 g/mol. The molecule has 0 bridgehead atoms. The number of allylic oxidation sites excluding steroid dienone is 1. The highest BCUT2D eigenvalue weighted by Gasteiger charge is 2.33. The molecule has 1 saturated heterocycles. The van der Waals surface area contributed by atoms with Crippen LogP contribution in [0.2, 0.25) is 0 Å². The van der Waals surface area contributed by atoms with E-state index in [1.807, 2.05) is 47.4 Å². The maximum atomic E-state index is 12.5. The van der Waals surface area contributed by atoms with E-state index in [1.165, 1.54) is 0 Å². The number of carbonyl (C=O) groups is 1. The Bertz CT molecular complexity index is 913. The van der Waals surface area contributed by atoms with Gasteiger partial charge in [0.15, 0.2) is 0 Å². The third-order valence-corrected chi connectivity index (χ3v) is 4.79. The van der Waals surface area contributed by atoms with Crippen LogP contribution in [-0.2, 0) is 17.9 Å². The molecular formula is C21H21N3O. The van der Waals surface area contributed by atoms with Crippen LogP contribution in [0.25, 0.3) is 11.0 Å². The monoisotopic (exact) mass is 331 g/mol. The molecule has 1 unspecified atom stereocenters. The number of aromatic nitrogens is 2. The molecule has 2 aromatic carbocycles. The number of hydrogen-bond donors (Lipinski definition) is 0. The Morgan fingerprint density at radius 3 is 2.68 bits per heavy atom. The van der Waals surface area contributed by atoms with E-state index < -0.39 is 0 Å². The third kappa shape index (κ3) is 2.95. The molecule has 25 heavy (non-hydrogen) atoms. The van der Waals surface area contributed by atoms with Gasteiger partial charge in [0.2, 0.25) is 5.91 Å². The lowest BCUT2D eigenvalue weighted by Crippen LogP contribution is -2.24. The Morgan fingerprint density at radius 2 is 1.88 bits per heavy atom. The summed E-state index contributed by atoms with van der Waals surface area (Å²) in [7, 11) is 0. The van der Waals surface area contributed by atoms with E-state index in [1.54, 1.807) is 0 Å². The molecule has 4 nitrogen and oxygen atoms in total. The van der Waals surface area contributed by atoms with Crippen molar-refractivity contribution >= 4 is 16.9 Å². The topological polar surface area (TPSA) is 38.1 Å². The van der Waals surface area contributed by atoms with Gasteiger partial charge < -0.3 is 9.47 Å². The molecule has 126 valence electrons. The Balaban J connectivity index is 1.62. The molecule has 0 aliphatic carbocycles. The average Bonchev–Trinajstić information content (AvgIpc) is 3.18. The molecule has 1 aliphatic heterocycles. The predicted octanol–water partition coefficient (Wildman–Crippen LogP) is 3.74. The van der Waals surface area contributed by atoms with Gasteiger partial charge in [-0.15, -0.1) is 6.58 Å². The molecule has 2 heterocycles.